The zero-order chi connectivity index (χ0) is 14.9. The molecule has 7 nitrogen and oxygen atoms in total. The van der Waals surface area contributed by atoms with Gasteiger partial charge in [-0.2, -0.15) is 5.10 Å². The highest BCUT2D eigenvalue weighted by Crippen LogP contribution is 2.32. The summed E-state index contributed by atoms with van der Waals surface area (Å²) in [5.41, 5.74) is 0.520. The van der Waals surface area contributed by atoms with Crippen molar-refractivity contribution >= 4 is 6.03 Å². The third-order valence-electron chi connectivity index (χ3n) is 4.32. The Morgan fingerprint density at radius 1 is 1.57 bits per heavy atom. The first-order valence-electron chi connectivity index (χ1n) is 7.36. The number of aryl methyl sites for hydroxylation is 1. The van der Waals surface area contributed by atoms with Gasteiger partial charge in [-0.25, -0.2) is 4.79 Å². The summed E-state index contributed by atoms with van der Waals surface area (Å²) in [6.45, 7) is 4.92. The number of morpholine rings is 1. The molecule has 2 fully saturated rings. The summed E-state index contributed by atoms with van der Waals surface area (Å²) in [6, 6.07) is 1.83. The fourth-order valence-corrected chi connectivity index (χ4v) is 2.98. The summed E-state index contributed by atoms with van der Waals surface area (Å²) in [4.78, 5) is 14.1. The lowest BCUT2D eigenvalue weighted by Crippen LogP contribution is -2.58. The zero-order valence-electron chi connectivity index (χ0n) is 12.5. The number of urea groups is 1. The lowest BCUT2D eigenvalue weighted by molar-refractivity contribution is -0.125. The molecule has 116 valence electrons. The average Bonchev–Trinajstić information content (AvgIpc) is 3.04. The van der Waals surface area contributed by atoms with Crippen LogP contribution in [0.3, 0.4) is 0 Å². The Labute approximate surface area is 124 Å². The van der Waals surface area contributed by atoms with Gasteiger partial charge in [0.2, 0.25) is 0 Å². The van der Waals surface area contributed by atoms with Crippen molar-refractivity contribution in [1.29, 1.82) is 0 Å². The molecule has 2 unspecified atom stereocenters. The molecular weight excluding hydrogens is 272 g/mol. The maximum absolute atomic E-state index is 12.3. The molecule has 7 heteroatoms. The first-order valence-corrected chi connectivity index (χ1v) is 7.36. The van der Waals surface area contributed by atoms with E-state index in [4.69, 9.17) is 9.47 Å². The fraction of sp³-hybridized carbons (Fsp3) is 0.714. The van der Waals surface area contributed by atoms with Crippen molar-refractivity contribution in [2.24, 2.45) is 7.05 Å². The topological polar surface area (TPSA) is 68.6 Å². The van der Waals surface area contributed by atoms with E-state index in [2.05, 4.69) is 10.4 Å². The maximum atomic E-state index is 12.3. The molecule has 1 aromatic heterocycles. The minimum Gasteiger partial charge on any atom is -0.375 e. The summed E-state index contributed by atoms with van der Waals surface area (Å²) in [6.07, 6.45) is 2.74. The summed E-state index contributed by atoms with van der Waals surface area (Å²) < 4.78 is 13.3. The van der Waals surface area contributed by atoms with Gasteiger partial charge in [0.15, 0.2) is 0 Å². The molecule has 3 rings (SSSR count). The van der Waals surface area contributed by atoms with Crippen LogP contribution in [0.15, 0.2) is 12.3 Å². The van der Waals surface area contributed by atoms with Crippen LogP contribution in [0.5, 0.6) is 0 Å². The summed E-state index contributed by atoms with van der Waals surface area (Å²) in [5, 5.41) is 7.17. The van der Waals surface area contributed by atoms with E-state index in [0.29, 0.717) is 32.8 Å². The summed E-state index contributed by atoms with van der Waals surface area (Å²) in [5.74, 6) is 0. The second-order valence-electron chi connectivity index (χ2n) is 5.74. The maximum Gasteiger partial charge on any atom is 0.317 e. The molecule has 2 aliphatic heterocycles. The molecule has 0 radical (unpaired) electrons. The second-order valence-corrected chi connectivity index (χ2v) is 5.74. The third-order valence-corrected chi connectivity index (χ3v) is 4.32. The predicted octanol–water partition coefficient (Wildman–Crippen LogP) is 0.509. The lowest BCUT2D eigenvalue weighted by Gasteiger charge is -2.41. The van der Waals surface area contributed by atoms with Crippen molar-refractivity contribution in [1.82, 2.24) is 20.0 Å². The monoisotopic (exact) mass is 294 g/mol. The second kappa shape index (κ2) is 5.65. The standard InChI is InChI=1S/C14H22N4O3/c1-11-14(4-7-20-11)10-18(6-8-21-14)13(19)15-9-12-3-5-17(2)16-12/h3,5,11H,4,6-10H2,1-2H3,(H,15,19). The van der Waals surface area contributed by atoms with Gasteiger partial charge in [0.05, 0.1) is 31.5 Å². The van der Waals surface area contributed by atoms with Gasteiger partial charge in [0.25, 0.3) is 0 Å². The van der Waals surface area contributed by atoms with Crippen LogP contribution in [0.4, 0.5) is 4.79 Å². The Kier molecular flexibility index (Phi) is 3.86. The molecular formula is C14H22N4O3. The van der Waals surface area contributed by atoms with Gasteiger partial charge in [-0.05, 0) is 13.0 Å². The molecule has 2 atom stereocenters. The van der Waals surface area contributed by atoms with Crippen molar-refractivity contribution in [2.75, 3.05) is 26.3 Å². The van der Waals surface area contributed by atoms with Crippen molar-refractivity contribution in [3.05, 3.63) is 18.0 Å². The molecule has 2 aliphatic rings. The molecule has 0 aromatic carbocycles. The Bertz CT molecular complexity index is 518. The van der Waals surface area contributed by atoms with Crippen LogP contribution in [0.2, 0.25) is 0 Å². The highest BCUT2D eigenvalue weighted by atomic mass is 16.6. The highest BCUT2D eigenvalue weighted by molar-refractivity contribution is 5.74. The number of amides is 2. The van der Waals surface area contributed by atoms with Gasteiger partial charge in [0.1, 0.15) is 5.60 Å². The van der Waals surface area contributed by atoms with Crippen molar-refractivity contribution < 1.29 is 14.3 Å². The molecule has 3 heterocycles. The molecule has 0 bridgehead atoms. The quantitative estimate of drug-likeness (QED) is 0.863. The molecule has 1 spiro atoms. The van der Waals surface area contributed by atoms with Crippen molar-refractivity contribution in [2.45, 2.75) is 31.6 Å². The molecule has 21 heavy (non-hydrogen) atoms. The van der Waals surface area contributed by atoms with Crippen molar-refractivity contribution in [3.8, 4) is 0 Å². The Morgan fingerprint density at radius 3 is 3.10 bits per heavy atom. The molecule has 1 N–H and O–H groups in total. The van der Waals surface area contributed by atoms with E-state index in [0.717, 1.165) is 12.1 Å². The van der Waals surface area contributed by atoms with Gasteiger partial charge in [-0.15, -0.1) is 0 Å². The van der Waals surface area contributed by atoms with Gasteiger partial charge in [-0.3, -0.25) is 4.68 Å². The lowest BCUT2D eigenvalue weighted by atomic mass is 9.94. The van der Waals surface area contributed by atoms with Gasteiger partial charge in [-0.1, -0.05) is 0 Å². The van der Waals surface area contributed by atoms with Crippen LogP contribution in [0.25, 0.3) is 0 Å². The molecule has 1 aromatic rings. The fourth-order valence-electron chi connectivity index (χ4n) is 2.98. The number of hydrogen-bond acceptors (Lipinski definition) is 4. The SMILES string of the molecule is CC1OCCC12CN(C(=O)NCc1ccn(C)n1)CCO2. The Hall–Kier alpha value is -1.60. The number of aromatic nitrogens is 2. The highest BCUT2D eigenvalue weighted by Gasteiger charge is 2.46. The zero-order valence-corrected chi connectivity index (χ0v) is 12.5. The smallest absolute Gasteiger partial charge is 0.317 e. The van der Waals surface area contributed by atoms with Gasteiger partial charge < -0.3 is 19.7 Å². The van der Waals surface area contributed by atoms with Gasteiger partial charge in [0, 0.05) is 32.8 Å². The summed E-state index contributed by atoms with van der Waals surface area (Å²) >= 11 is 0. The van der Waals surface area contributed by atoms with Crippen LogP contribution < -0.4 is 5.32 Å². The third kappa shape index (κ3) is 2.89. The number of ether oxygens (including phenoxy) is 2. The van der Waals surface area contributed by atoms with Crippen molar-refractivity contribution in [3.63, 3.8) is 0 Å². The number of carbonyl (C=O) groups is 1. The van der Waals surface area contributed by atoms with Crippen LogP contribution in [-0.2, 0) is 23.1 Å². The van der Waals surface area contributed by atoms with Gasteiger partial charge >= 0.3 is 6.03 Å². The van der Waals surface area contributed by atoms with E-state index >= 15 is 0 Å². The van der Waals surface area contributed by atoms with E-state index in [9.17, 15) is 4.79 Å². The van der Waals surface area contributed by atoms with Crippen LogP contribution in [0, 0.1) is 0 Å². The number of rotatable bonds is 2. The van der Waals surface area contributed by atoms with E-state index in [1.165, 1.54) is 0 Å². The molecule has 2 amide bonds. The van der Waals surface area contributed by atoms with Crippen LogP contribution >= 0.6 is 0 Å². The largest absolute Gasteiger partial charge is 0.375 e. The number of carbonyl (C=O) groups excluding carboxylic acids is 1. The van der Waals surface area contributed by atoms with E-state index in [1.807, 2.05) is 31.1 Å². The average molecular weight is 294 g/mol. The Balaban J connectivity index is 1.57. The van der Waals surface area contributed by atoms with Crippen LogP contribution in [-0.4, -0.2) is 58.7 Å². The number of nitrogens with one attached hydrogen (secondary N) is 1. The van der Waals surface area contributed by atoms with E-state index < -0.39 is 0 Å². The normalized spacial score (nSPS) is 29.0. The first kappa shape index (κ1) is 14.3. The first-order chi connectivity index (χ1) is 10.1. The van der Waals surface area contributed by atoms with E-state index in [-0.39, 0.29) is 17.7 Å². The Morgan fingerprint density at radius 2 is 2.43 bits per heavy atom. The predicted molar refractivity (Wildman–Crippen MR) is 75.7 cm³/mol. The minimum absolute atomic E-state index is 0.0314. The molecule has 0 saturated carbocycles. The van der Waals surface area contributed by atoms with Crippen LogP contribution in [0.1, 0.15) is 19.0 Å². The van der Waals surface area contributed by atoms with E-state index in [1.54, 1.807) is 4.68 Å². The number of nitrogens with zero attached hydrogens (tertiary/aromatic N) is 3. The summed E-state index contributed by atoms with van der Waals surface area (Å²) in [7, 11) is 1.86. The molecule has 0 aliphatic carbocycles. The number of hydrogen-bond donors (Lipinski definition) is 1. The minimum atomic E-state index is -0.333. The molecule has 2 saturated heterocycles.